The second-order valence-electron chi connectivity index (χ2n) is 10.3. The number of anilines is 2. The van der Waals surface area contributed by atoms with Gasteiger partial charge < -0.3 is 25.6 Å². The van der Waals surface area contributed by atoms with Crippen molar-refractivity contribution < 1.29 is 23.5 Å². The second-order valence-corrected chi connectivity index (χ2v) is 10.3. The first-order valence-electron chi connectivity index (χ1n) is 12.2. The van der Waals surface area contributed by atoms with Gasteiger partial charge in [-0.3, -0.25) is 9.59 Å². The summed E-state index contributed by atoms with van der Waals surface area (Å²) < 4.78 is 21.6. The number of Topliss-reactive ketones (excluding diaryl/α,β-unsaturated/α-hetero) is 1. The van der Waals surface area contributed by atoms with Gasteiger partial charge in [0.2, 0.25) is 5.91 Å². The summed E-state index contributed by atoms with van der Waals surface area (Å²) in [5.74, 6) is -1.60. The fourth-order valence-corrected chi connectivity index (χ4v) is 4.14. The van der Waals surface area contributed by atoms with E-state index in [1.54, 1.807) is 74.1 Å². The van der Waals surface area contributed by atoms with Crippen molar-refractivity contribution in [2.45, 2.75) is 38.8 Å². The van der Waals surface area contributed by atoms with E-state index in [4.69, 9.17) is 10.5 Å². The average Bonchev–Trinajstić information content (AvgIpc) is 3.27. The Balaban J connectivity index is 1.81. The van der Waals surface area contributed by atoms with E-state index in [1.165, 1.54) is 6.07 Å². The third kappa shape index (κ3) is 7.84. The highest BCUT2D eigenvalue weighted by atomic mass is 19.1. The topological polar surface area (TPSA) is 136 Å². The summed E-state index contributed by atoms with van der Waals surface area (Å²) in [5.41, 5.74) is 6.90. The number of carbonyl (C=O) groups excluding carboxylic acids is 3. The Bertz CT molecular complexity index is 1370. The van der Waals surface area contributed by atoms with Crippen LogP contribution in [-0.2, 0) is 22.5 Å². The van der Waals surface area contributed by atoms with Crippen LogP contribution in [0.5, 0.6) is 0 Å². The van der Waals surface area contributed by atoms with Crippen LogP contribution in [-0.4, -0.2) is 71.5 Å². The van der Waals surface area contributed by atoms with Gasteiger partial charge in [-0.1, -0.05) is 17.3 Å². The summed E-state index contributed by atoms with van der Waals surface area (Å²) in [5, 5.41) is 10.7. The molecular formula is C27H34FN7O4. The molecule has 1 aromatic heterocycles. The van der Waals surface area contributed by atoms with Gasteiger partial charge in [0.05, 0.1) is 29.7 Å². The Morgan fingerprint density at radius 1 is 1.13 bits per heavy atom. The third-order valence-corrected chi connectivity index (χ3v) is 5.75. The summed E-state index contributed by atoms with van der Waals surface area (Å²) in [4.78, 5) is 40.8. The number of aromatic nitrogens is 3. The van der Waals surface area contributed by atoms with Crippen LogP contribution < -0.4 is 16.0 Å². The normalized spacial score (nSPS) is 11.4. The van der Waals surface area contributed by atoms with Gasteiger partial charge in [-0.05, 0) is 57.8 Å². The zero-order chi connectivity index (χ0) is 28.9. The Morgan fingerprint density at radius 2 is 1.85 bits per heavy atom. The number of carbonyl (C=O) groups is 3. The maximum atomic E-state index is 14.8. The number of halogens is 1. The van der Waals surface area contributed by atoms with E-state index in [0.717, 1.165) is 5.69 Å². The number of ketones is 1. The molecule has 0 aliphatic rings. The van der Waals surface area contributed by atoms with Gasteiger partial charge in [0, 0.05) is 38.3 Å². The van der Waals surface area contributed by atoms with Crippen LogP contribution in [0.25, 0.3) is 5.69 Å². The number of ether oxygens (including phenoxy) is 1. The van der Waals surface area contributed by atoms with E-state index in [1.807, 2.05) is 19.0 Å². The quantitative estimate of drug-likeness (QED) is 0.280. The summed E-state index contributed by atoms with van der Waals surface area (Å²) in [7, 11) is 7.21. The van der Waals surface area contributed by atoms with Crippen molar-refractivity contribution in [1.82, 2.24) is 19.9 Å². The van der Waals surface area contributed by atoms with Gasteiger partial charge in [0.25, 0.3) is 0 Å². The van der Waals surface area contributed by atoms with Crippen LogP contribution in [0.4, 0.5) is 20.6 Å². The zero-order valence-corrected chi connectivity index (χ0v) is 23.0. The van der Waals surface area contributed by atoms with Crippen molar-refractivity contribution in [3.05, 3.63) is 65.2 Å². The molecular weight excluding hydrogens is 505 g/mol. The second kappa shape index (κ2) is 12.0. The molecule has 208 valence electrons. The van der Waals surface area contributed by atoms with E-state index in [9.17, 15) is 18.8 Å². The van der Waals surface area contributed by atoms with Crippen molar-refractivity contribution in [3.63, 3.8) is 0 Å². The summed E-state index contributed by atoms with van der Waals surface area (Å²) >= 11 is 0. The molecule has 0 aliphatic heterocycles. The molecule has 0 spiro atoms. The number of primary amides is 1. The number of nitrogens with one attached hydrogen (secondary N) is 1. The lowest BCUT2D eigenvalue weighted by atomic mass is 9.96. The van der Waals surface area contributed by atoms with E-state index in [0.29, 0.717) is 23.4 Å². The molecule has 0 radical (unpaired) electrons. The first-order chi connectivity index (χ1) is 18.3. The first-order valence-corrected chi connectivity index (χ1v) is 12.2. The van der Waals surface area contributed by atoms with Gasteiger partial charge in [0.15, 0.2) is 5.78 Å². The number of nitrogens with two attached hydrogens (primary N) is 1. The van der Waals surface area contributed by atoms with E-state index in [-0.39, 0.29) is 17.8 Å². The molecule has 0 saturated heterocycles. The van der Waals surface area contributed by atoms with Crippen LogP contribution in [0, 0.1) is 5.82 Å². The molecule has 0 aliphatic carbocycles. The number of hydrogen-bond donors (Lipinski definition) is 2. The van der Waals surface area contributed by atoms with Crippen LogP contribution in [0.3, 0.4) is 0 Å². The molecule has 2 amide bonds. The monoisotopic (exact) mass is 539 g/mol. The Kier molecular flexibility index (Phi) is 9.02. The van der Waals surface area contributed by atoms with Gasteiger partial charge >= 0.3 is 6.09 Å². The van der Waals surface area contributed by atoms with Crippen LogP contribution in [0.1, 0.15) is 41.9 Å². The van der Waals surface area contributed by atoms with Crippen molar-refractivity contribution in [3.8, 4) is 5.69 Å². The molecule has 39 heavy (non-hydrogen) atoms. The number of amides is 2. The molecule has 0 bridgehead atoms. The molecule has 12 heteroatoms. The van der Waals surface area contributed by atoms with Crippen molar-refractivity contribution in [1.29, 1.82) is 0 Å². The minimum Gasteiger partial charge on any atom is -0.443 e. The van der Waals surface area contributed by atoms with Crippen molar-refractivity contribution >= 4 is 29.2 Å². The zero-order valence-electron chi connectivity index (χ0n) is 23.0. The summed E-state index contributed by atoms with van der Waals surface area (Å²) in [6.45, 7) is 3.90. The fraction of sp³-hybridized carbons (Fsp3) is 0.370. The minimum absolute atomic E-state index is 0.135. The molecule has 0 atom stereocenters. The standard InChI is InChI=1S/C27H34FN7O4/c1-27(2,39-26(29)38)14-18-11-23(34(5)6)21(28)12-22(18)31-25(37)13-24(36)17-8-7-9-19(10-17)35-20(15-30-32-35)16-33(3)4/h7-12,15H,13-14,16H2,1-6H3,(H2,29,38)(H,31,37). The lowest BCUT2D eigenvalue weighted by molar-refractivity contribution is -0.115. The fourth-order valence-electron chi connectivity index (χ4n) is 4.14. The smallest absolute Gasteiger partial charge is 0.405 e. The predicted octanol–water partition coefficient (Wildman–Crippen LogP) is 3.16. The SMILES string of the molecule is CN(C)Cc1cnnn1-c1cccc(C(=O)CC(=O)Nc2cc(F)c(N(C)C)cc2CC(C)(C)OC(N)=O)c1. The highest BCUT2D eigenvalue weighted by molar-refractivity contribution is 6.11. The van der Waals surface area contributed by atoms with Gasteiger partial charge in [-0.25, -0.2) is 13.9 Å². The molecule has 1 heterocycles. The van der Waals surface area contributed by atoms with Crippen LogP contribution in [0.2, 0.25) is 0 Å². The number of nitrogens with zero attached hydrogens (tertiary/aromatic N) is 5. The predicted molar refractivity (Wildman–Crippen MR) is 146 cm³/mol. The Hall–Kier alpha value is -4.32. The molecule has 3 aromatic rings. The maximum Gasteiger partial charge on any atom is 0.405 e. The molecule has 0 saturated carbocycles. The third-order valence-electron chi connectivity index (χ3n) is 5.75. The molecule has 0 fully saturated rings. The largest absolute Gasteiger partial charge is 0.443 e. The van der Waals surface area contributed by atoms with E-state index in [2.05, 4.69) is 15.6 Å². The molecule has 0 unspecified atom stereocenters. The van der Waals surface area contributed by atoms with Crippen molar-refractivity contribution in [2.24, 2.45) is 5.73 Å². The van der Waals surface area contributed by atoms with Crippen molar-refractivity contribution in [2.75, 3.05) is 38.4 Å². The number of hydrogen-bond acceptors (Lipinski definition) is 8. The van der Waals surface area contributed by atoms with Crippen LogP contribution in [0.15, 0.2) is 42.6 Å². The lowest BCUT2D eigenvalue weighted by Gasteiger charge is -2.26. The molecule has 3 N–H and O–H groups in total. The van der Waals surface area contributed by atoms with Crippen LogP contribution >= 0.6 is 0 Å². The van der Waals surface area contributed by atoms with Gasteiger partial charge in [-0.15, -0.1) is 5.10 Å². The summed E-state index contributed by atoms with van der Waals surface area (Å²) in [6, 6.07) is 9.50. The highest BCUT2D eigenvalue weighted by Gasteiger charge is 2.26. The van der Waals surface area contributed by atoms with E-state index < -0.39 is 35.6 Å². The number of benzene rings is 2. The van der Waals surface area contributed by atoms with Gasteiger partial charge in [-0.2, -0.15) is 0 Å². The van der Waals surface area contributed by atoms with Gasteiger partial charge in [0.1, 0.15) is 11.4 Å². The molecule has 11 nitrogen and oxygen atoms in total. The molecule has 2 aromatic carbocycles. The first kappa shape index (κ1) is 29.2. The maximum absolute atomic E-state index is 14.8. The average molecular weight is 540 g/mol. The van der Waals surface area contributed by atoms with E-state index >= 15 is 0 Å². The lowest BCUT2D eigenvalue weighted by Crippen LogP contribution is -2.33. The highest BCUT2D eigenvalue weighted by Crippen LogP contribution is 2.30. The summed E-state index contributed by atoms with van der Waals surface area (Å²) in [6.07, 6.45) is 0.364. The number of rotatable bonds is 11. The Morgan fingerprint density at radius 3 is 2.49 bits per heavy atom. The minimum atomic E-state index is -1.03. The molecule has 3 rings (SSSR count). The Labute approximate surface area is 226 Å².